The molecule has 0 aliphatic heterocycles. The minimum Gasteiger partial charge on any atom is -0.330 e. The molecule has 0 amide bonds. The fourth-order valence-corrected chi connectivity index (χ4v) is 2.90. The van der Waals surface area contributed by atoms with Crippen LogP contribution in [0, 0.1) is 0 Å². The molecule has 2 heterocycles. The van der Waals surface area contributed by atoms with Crippen molar-refractivity contribution in [3.8, 4) is 0 Å². The molecule has 0 unspecified atom stereocenters. The third kappa shape index (κ3) is 2.98. The van der Waals surface area contributed by atoms with Crippen molar-refractivity contribution >= 4 is 11.3 Å². The molecule has 3 nitrogen and oxygen atoms in total. The lowest BCUT2D eigenvalue weighted by atomic mass is 10.1. The van der Waals surface area contributed by atoms with E-state index in [0.29, 0.717) is 6.54 Å². The van der Waals surface area contributed by atoms with Crippen LogP contribution in [0.5, 0.6) is 0 Å². The normalized spacial score (nSPS) is 10.8. The Hall–Kier alpha value is -1.91. The van der Waals surface area contributed by atoms with Crippen LogP contribution in [0.2, 0.25) is 0 Å². The van der Waals surface area contributed by atoms with E-state index in [0.717, 1.165) is 24.4 Å². The molecule has 0 saturated heterocycles. The van der Waals surface area contributed by atoms with Gasteiger partial charge in [-0.25, -0.2) is 4.98 Å². The van der Waals surface area contributed by atoms with E-state index < -0.39 is 0 Å². The molecule has 1 aromatic carbocycles. The van der Waals surface area contributed by atoms with E-state index in [1.165, 1.54) is 10.4 Å². The summed E-state index contributed by atoms with van der Waals surface area (Å²) in [5.41, 5.74) is 8.06. The van der Waals surface area contributed by atoms with Crippen LogP contribution in [-0.4, -0.2) is 9.55 Å². The number of nitrogens with zero attached hydrogens (tertiary/aromatic N) is 2. The first kappa shape index (κ1) is 13.1. The Balaban J connectivity index is 1.75. The van der Waals surface area contributed by atoms with Crippen LogP contribution in [0.4, 0.5) is 0 Å². The first-order valence-electron chi connectivity index (χ1n) is 6.65. The fraction of sp³-hybridized carbons (Fsp3) is 0.188. The van der Waals surface area contributed by atoms with Gasteiger partial charge in [0.1, 0.15) is 5.82 Å². The summed E-state index contributed by atoms with van der Waals surface area (Å²) < 4.78 is 2.21. The van der Waals surface area contributed by atoms with E-state index in [9.17, 15) is 0 Å². The van der Waals surface area contributed by atoms with Crippen molar-refractivity contribution in [2.75, 3.05) is 0 Å². The number of aromatic nitrogens is 2. The molecule has 0 bridgehead atoms. The smallest absolute Gasteiger partial charge is 0.114 e. The minimum atomic E-state index is 0.592. The molecule has 102 valence electrons. The first-order chi connectivity index (χ1) is 9.85. The summed E-state index contributed by atoms with van der Waals surface area (Å²) in [7, 11) is 0. The van der Waals surface area contributed by atoms with Crippen molar-refractivity contribution < 1.29 is 0 Å². The molecule has 0 spiro atoms. The second-order valence-corrected chi connectivity index (χ2v) is 5.78. The van der Waals surface area contributed by atoms with Crippen molar-refractivity contribution in [1.82, 2.24) is 9.55 Å². The Kier molecular flexibility index (Phi) is 3.95. The van der Waals surface area contributed by atoms with Crippen LogP contribution in [0.25, 0.3) is 0 Å². The van der Waals surface area contributed by atoms with E-state index in [4.69, 9.17) is 5.73 Å². The predicted octanol–water partition coefficient (Wildman–Crippen LogP) is 3.04. The lowest BCUT2D eigenvalue weighted by Crippen LogP contribution is -2.05. The highest BCUT2D eigenvalue weighted by Crippen LogP contribution is 2.15. The van der Waals surface area contributed by atoms with Crippen LogP contribution in [-0.2, 0) is 19.5 Å². The zero-order valence-electron chi connectivity index (χ0n) is 11.2. The Bertz CT molecular complexity index is 653. The van der Waals surface area contributed by atoms with Gasteiger partial charge in [-0.2, -0.15) is 0 Å². The summed E-state index contributed by atoms with van der Waals surface area (Å²) >= 11 is 1.77. The summed E-state index contributed by atoms with van der Waals surface area (Å²) in [5.74, 6) is 1.11. The molecular formula is C16H17N3S. The highest BCUT2D eigenvalue weighted by Gasteiger charge is 2.05. The van der Waals surface area contributed by atoms with Gasteiger partial charge < -0.3 is 10.3 Å². The molecule has 0 saturated carbocycles. The Morgan fingerprint density at radius 1 is 1.10 bits per heavy atom. The topological polar surface area (TPSA) is 43.8 Å². The van der Waals surface area contributed by atoms with Crippen LogP contribution in [0.15, 0.2) is 54.2 Å². The summed E-state index contributed by atoms with van der Waals surface area (Å²) in [4.78, 5) is 5.81. The highest BCUT2D eigenvalue weighted by atomic mass is 32.1. The van der Waals surface area contributed by atoms with Gasteiger partial charge in [-0.15, -0.1) is 11.3 Å². The second-order valence-electron chi connectivity index (χ2n) is 4.75. The van der Waals surface area contributed by atoms with E-state index in [1.54, 1.807) is 11.3 Å². The number of thiophene rings is 1. The Morgan fingerprint density at radius 3 is 2.60 bits per heavy atom. The lowest BCUT2D eigenvalue weighted by molar-refractivity contribution is 0.742. The second kappa shape index (κ2) is 6.03. The number of hydrogen-bond acceptors (Lipinski definition) is 3. The van der Waals surface area contributed by atoms with Gasteiger partial charge in [-0.1, -0.05) is 30.3 Å². The van der Waals surface area contributed by atoms with Crippen LogP contribution in [0.1, 0.15) is 21.8 Å². The summed E-state index contributed by atoms with van der Waals surface area (Å²) in [6.07, 6.45) is 4.81. The standard InChI is InChI=1S/C16H17N3S/c17-11-13-3-5-14(6-4-13)12-19-8-7-18-16(19)10-15-2-1-9-20-15/h1-9H,10-12,17H2. The van der Waals surface area contributed by atoms with Gasteiger partial charge in [0.25, 0.3) is 0 Å². The van der Waals surface area contributed by atoms with Gasteiger partial charge in [0, 0.05) is 36.8 Å². The number of hydrogen-bond donors (Lipinski definition) is 1. The summed E-state index contributed by atoms with van der Waals surface area (Å²) in [6, 6.07) is 12.7. The summed E-state index contributed by atoms with van der Waals surface area (Å²) in [5, 5.41) is 2.11. The highest BCUT2D eigenvalue weighted by molar-refractivity contribution is 7.09. The SMILES string of the molecule is NCc1ccc(Cn2ccnc2Cc2cccs2)cc1. The first-order valence-corrected chi connectivity index (χ1v) is 7.53. The number of rotatable bonds is 5. The number of imidazole rings is 1. The molecule has 0 aliphatic rings. The Morgan fingerprint density at radius 2 is 1.90 bits per heavy atom. The number of nitrogens with two attached hydrogens (primary N) is 1. The van der Waals surface area contributed by atoms with Gasteiger partial charge in [0.05, 0.1) is 0 Å². The van der Waals surface area contributed by atoms with Crippen molar-refractivity contribution in [3.05, 3.63) is 76.0 Å². The van der Waals surface area contributed by atoms with E-state index in [1.807, 2.05) is 12.4 Å². The maximum Gasteiger partial charge on any atom is 0.114 e. The molecule has 3 aromatic rings. The minimum absolute atomic E-state index is 0.592. The largest absolute Gasteiger partial charge is 0.330 e. The molecule has 2 N–H and O–H groups in total. The van der Waals surface area contributed by atoms with Gasteiger partial charge in [-0.05, 0) is 22.6 Å². The van der Waals surface area contributed by atoms with Crippen LogP contribution in [0.3, 0.4) is 0 Å². The molecule has 2 aromatic heterocycles. The molecule has 4 heteroatoms. The third-order valence-corrected chi connectivity index (χ3v) is 4.20. The molecular weight excluding hydrogens is 266 g/mol. The zero-order chi connectivity index (χ0) is 13.8. The van der Waals surface area contributed by atoms with Crippen molar-refractivity contribution in [2.45, 2.75) is 19.5 Å². The predicted molar refractivity (Wildman–Crippen MR) is 82.8 cm³/mol. The van der Waals surface area contributed by atoms with Gasteiger partial charge >= 0.3 is 0 Å². The van der Waals surface area contributed by atoms with E-state index in [2.05, 4.69) is 51.3 Å². The number of benzene rings is 1. The van der Waals surface area contributed by atoms with E-state index >= 15 is 0 Å². The monoisotopic (exact) mass is 283 g/mol. The van der Waals surface area contributed by atoms with E-state index in [-0.39, 0.29) is 0 Å². The van der Waals surface area contributed by atoms with Crippen molar-refractivity contribution in [3.63, 3.8) is 0 Å². The molecule has 0 fully saturated rings. The third-order valence-electron chi connectivity index (χ3n) is 3.33. The maximum atomic E-state index is 5.62. The van der Waals surface area contributed by atoms with Gasteiger partial charge in [0.15, 0.2) is 0 Å². The van der Waals surface area contributed by atoms with Crippen molar-refractivity contribution in [2.24, 2.45) is 5.73 Å². The molecule has 0 aliphatic carbocycles. The Labute approximate surface area is 122 Å². The van der Waals surface area contributed by atoms with Gasteiger partial charge in [-0.3, -0.25) is 0 Å². The molecule has 3 rings (SSSR count). The van der Waals surface area contributed by atoms with Gasteiger partial charge in [0.2, 0.25) is 0 Å². The average Bonchev–Trinajstić information content (AvgIpc) is 3.13. The summed E-state index contributed by atoms with van der Waals surface area (Å²) in [6.45, 7) is 1.44. The zero-order valence-corrected chi connectivity index (χ0v) is 12.0. The van der Waals surface area contributed by atoms with Crippen LogP contribution >= 0.6 is 11.3 Å². The lowest BCUT2D eigenvalue weighted by Gasteiger charge is -2.08. The molecule has 20 heavy (non-hydrogen) atoms. The molecule has 0 atom stereocenters. The van der Waals surface area contributed by atoms with Crippen molar-refractivity contribution in [1.29, 1.82) is 0 Å². The fourth-order valence-electron chi connectivity index (χ4n) is 2.20. The van der Waals surface area contributed by atoms with Crippen LogP contribution < -0.4 is 5.73 Å². The maximum absolute atomic E-state index is 5.62. The average molecular weight is 283 g/mol. The molecule has 0 radical (unpaired) electrons. The quantitative estimate of drug-likeness (QED) is 0.782.